The SMILES string of the molecule is N[C@@H](CCCCN=Cc1ccccc1O)C(=O)O. The van der Waals surface area contributed by atoms with Crippen molar-refractivity contribution in [3.05, 3.63) is 29.8 Å². The minimum Gasteiger partial charge on any atom is -0.507 e. The molecular formula is C13H18N2O3. The van der Waals surface area contributed by atoms with E-state index in [0.29, 0.717) is 18.5 Å². The highest BCUT2D eigenvalue weighted by atomic mass is 16.4. The van der Waals surface area contributed by atoms with E-state index in [1.807, 2.05) is 6.07 Å². The van der Waals surface area contributed by atoms with Crippen LogP contribution in [-0.4, -0.2) is 35.0 Å². The highest BCUT2D eigenvalue weighted by Gasteiger charge is 2.09. The van der Waals surface area contributed by atoms with Crippen LogP contribution in [0.1, 0.15) is 24.8 Å². The van der Waals surface area contributed by atoms with Gasteiger partial charge >= 0.3 is 5.97 Å². The first kappa shape index (κ1) is 14.2. The highest BCUT2D eigenvalue weighted by molar-refractivity contribution is 5.83. The zero-order valence-electron chi connectivity index (χ0n) is 10.1. The predicted octanol–water partition coefficient (Wildman–Crippen LogP) is 1.39. The third-order valence-corrected chi connectivity index (χ3v) is 2.54. The number of carboxylic acids is 1. The molecule has 0 saturated carbocycles. The molecular weight excluding hydrogens is 232 g/mol. The number of hydrogen-bond acceptors (Lipinski definition) is 4. The van der Waals surface area contributed by atoms with E-state index in [1.54, 1.807) is 24.4 Å². The van der Waals surface area contributed by atoms with Crippen molar-refractivity contribution in [1.82, 2.24) is 0 Å². The van der Waals surface area contributed by atoms with Crippen LogP contribution in [-0.2, 0) is 4.79 Å². The summed E-state index contributed by atoms with van der Waals surface area (Å²) in [6.07, 6.45) is 3.59. The number of carboxylic acid groups (broad SMARTS) is 1. The molecule has 4 N–H and O–H groups in total. The van der Waals surface area contributed by atoms with Gasteiger partial charge in [0.15, 0.2) is 0 Å². The van der Waals surface area contributed by atoms with Crippen molar-refractivity contribution >= 4 is 12.2 Å². The number of nitrogens with two attached hydrogens (primary N) is 1. The van der Waals surface area contributed by atoms with Crippen LogP contribution in [0.25, 0.3) is 0 Å². The van der Waals surface area contributed by atoms with Gasteiger partial charge in [-0.1, -0.05) is 12.1 Å². The quantitative estimate of drug-likeness (QED) is 0.503. The van der Waals surface area contributed by atoms with Gasteiger partial charge in [-0.2, -0.15) is 0 Å². The molecule has 0 saturated heterocycles. The van der Waals surface area contributed by atoms with Crippen molar-refractivity contribution in [2.45, 2.75) is 25.3 Å². The van der Waals surface area contributed by atoms with Gasteiger partial charge in [0.2, 0.25) is 0 Å². The average Bonchev–Trinajstić information content (AvgIpc) is 2.35. The normalized spacial score (nSPS) is 12.7. The molecule has 1 rings (SSSR count). The molecule has 1 atom stereocenters. The third-order valence-electron chi connectivity index (χ3n) is 2.54. The number of benzene rings is 1. The molecule has 98 valence electrons. The molecule has 1 aromatic rings. The van der Waals surface area contributed by atoms with Crippen LogP contribution < -0.4 is 5.73 Å². The number of aliphatic imine (C=N–C) groups is 1. The minimum absolute atomic E-state index is 0.203. The van der Waals surface area contributed by atoms with E-state index in [9.17, 15) is 9.90 Å². The van der Waals surface area contributed by atoms with Crippen LogP contribution in [0.3, 0.4) is 0 Å². The van der Waals surface area contributed by atoms with Crippen molar-refractivity contribution in [3.8, 4) is 5.75 Å². The average molecular weight is 250 g/mol. The Morgan fingerprint density at radius 2 is 2.11 bits per heavy atom. The van der Waals surface area contributed by atoms with Gasteiger partial charge in [0, 0.05) is 18.3 Å². The molecule has 0 unspecified atom stereocenters. The third kappa shape index (κ3) is 4.97. The minimum atomic E-state index is -0.965. The molecule has 0 spiro atoms. The number of nitrogens with zero attached hydrogens (tertiary/aromatic N) is 1. The molecule has 0 aliphatic heterocycles. The van der Waals surface area contributed by atoms with Crippen LogP contribution in [0.5, 0.6) is 5.75 Å². The summed E-state index contributed by atoms with van der Waals surface area (Å²) in [4.78, 5) is 14.6. The van der Waals surface area contributed by atoms with Crippen LogP contribution in [0.2, 0.25) is 0 Å². The molecule has 0 amide bonds. The first-order chi connectivity index (χ1) is 8.61. The number of carbonyl (C=O) groups is 1. The summed E-state index contributed by atoms with van der Waals surface area (Å²) >= 11 is 0. The fourth-order valence-corrected chi connectivity index (χ4v) is 1.45. The Morgan fingerprint density at radius 3 is 2.78 bits per heavy atom. The molecule has 1 aromatic carbocycles. The van der Waals surface area contributed by atoms with E-state index in [0.717, 1.165) is 12.8 Å². The van der Waals surface area contributed by atoms with Crippen molar-refractivity contribution in [2.75, 3.05) is 6.54 Å². The van der Waals surface area contributed by atoms with Crippen LogP contribution in [0, 0.1) is 0 Å². The van der Waals surface area contributed by atoms with E-state index in [-0.39, 0.29) is 5.75 Å². The lowest BCUT2D eigenvalue weighted by molar-refractivity contribution is -0.138. The Hall–Kier alpha value is -1.88. The fourth-order valence-electron chi connectivity index (χ4n) is 1.45. The zero-order valence-corrected chi connectivity index (χ0v) is 10.1. The summed E-state index contributed by atoms with van der Waals surface area (Å²) in [5.74, 6) is -0.762. The van der Waals surface area contributed by atoms with Gasteiger partial charge in [0.05, 0.1) is 0 Å². The van der Waals surface area contributed by atoms with Gasteiger partial charge in [-0.05, 0) is 31.4 Å². The summed E-state index contributed by atoms with van der Waals surface area (Å²) < 4.78 is 0. The molecule has 18 heavy (non-hydrogen) atoms. The van der Waals surface area contributed by atoms with E-state index in [1.165, 1.54) is 0 Å². The first-order valence-electron chi connectivity index (χ1n) is 5.87. The Kier molecular flexibility index (Phi) is 5.87. The van der Waals surface area contributed by atoms with Crippen molar-refractivity contribution < 1.29 is 15.0 Å². The highest BCUT2D eigenvalue weighted by Crippen LogP contribution is 2.12. The predicted molar refractivity (Wildman–Crippen MR) is 70.0 cm³/mol. The molecule has 0 heterocycles. The lowest BCUT2D eigenvalue weighted by Gasteiger charge is -2.04. The van der Waals surface area contributed by atoms with Gasteiger partial charge < -0.3 is 15.9 Å². The van der Waals surface area contributed by atoms with Crippen molar-refractivity contribution in [3.63, 3.8) is 0 Å². The Balaban J connectivity index is 2.22. The maximum absolute atomic E-state index is 10.5. The van der Waals surface area contributed by atoms with Crippen molar-refractivity contribution in [2.24, 2.45) is 10.7 Å². The standard InChI is InChI=1S/C13H18N2O3/c14-11(13(17)18)6-3-4-8-15-9-10-5-1-2-7-12(10)16/h1-2,5,7,9,11,16H,3-4,6,8,14H2,(H,17,18)/t11-/m0/s1. The summed E-state index contributed by atoms with van der Waals surface area (Å²) in [5.41, 5.74) is 6.05. The monoisotopic (exact) mass is 250 g/mol. The second kappa shape index (κ2) is 7.45. The van der Waals surface area contributed by atoms with Gasteiger partial charge in [0.1, 0.15) is 11.8 Å². The number of phenols is 1. The van der Waals surface area contributed by atoms with E-state index < -0.39 is 12.0 Å². The number of aromatic hydroxyl groups is 1. The van der Waals surface area contributed by atoms with Crippen LogP contribution >= 0.6 is 0 Å². The zero-order chi connectivity index (χ0) is 13.4. The number of para-hydroxylation sites is 1. The molecule has 0 aliphatic carbocycles. The molecule has 0 bridgehead atoms. The van der Waals surface area contributed by atoms with Crippen LogP contribution in [0.4, 0.5) is 0 Å². The number of hydrogen-bond donors (Lipinski definition) is 3. The van der Waals surface area contributed by atoms with E-state index in [4.69, 9.17) is 10.8 Å². The maximum atomic E-state index is 10.5. The number of unbranched alkanes of at least 4 members (excludes halogenated alkanes) is 1. The van der Waals surface area contributed by atoms with Gasteiger partial charge in [-0.3, -0.25) is 9.79 Å². The molecule has 0 aliphatic rings. The molecule has 5 nitrogen and oxygen atoms in total. The van der Waals surface area contributed by atoms with Gasteiger partial charge in [-0.15, -0.1) is 0 Å². The maximum Gasteiger partial charge on any atom is 0.320 e. The fraction of sp³-hybridized carbons (Fsp3) is 0.385. The lowest BCUT2D eigenvalue weighted by Crippen LogP contribution is -2.29. The van der Waals surface area contributed by atoms with Crippen LogP contribution in [0.15, 0.2) is 29.3 Å². The topological polar surface area (TPSA) is 95.9 Å². The van der Waals surface area contributed by atoms with Crippen molar-refractivity contribution in [1.29, 1.82) is 0 Å². The molecule has 5 heteroatoms. The van der Waals surface area contributed by atoms with Gasteiger partial charge in [-0.25, -0.2) is 0 Å². The largest absolute Gasteiger partial charge is 0.507 e. The van der Waals surface area contributed by atoms with E-state index in [2.05, 4.69) is 4.99 Å². The summed E-state index contributed by atoms with van der Waals surface area (Å²) in [7, 11) is 0. The second-order valence-electron chi connectivity index (χ2n) is 4.03. The Morgan fingerprint density at radius 1 is 1.39 bits per heavy atom. The van der Waals surface area contributed by atoms with E-state index >= 15 is 0 Å². The molecule has 0 radical (unpaired) electrons. The molecule has 0 fully saturated rings. The number of rotatable bonds is 7. The lowest BCUT2D eigenvalue weighted by atomic mass is 10.1. The summed E-state index contributed by atoms with van der Waals surface area (Å²) in [5, 5.41) is 18.1. The Labute approximate surface area is 106 Å². The van der Waals surface area contributed by atoms with Gasteiger partial charge in [0.25, 0.3) is 0 Å². The summed E-state index contributed by atoms with van der Waals surface area (Å²) in [6.45, 7) is 0.598. The first-order valence-corrected chi connectivity index (χ1v) is 5.87. The number of aliphatic carboxylic acids is 1. The molecule has 0 aromatic heterocycles. The Bertz CT molecular complexity index is 418. The summed E-state index contributed by atoms with van der Waals surface area (Å²) in [6, 6.07) is 6.17. The smallest absolute Gasteiger partial charge is 0.320 e. The number of phenolic OH excluding ortho intramolecular Hbond substituents is 1. The second-order valence-corrected chi connectivity index (χ2v) is 4.03.